The molecule has 0 radical (unpaired) electrons. The molecule has 1 unspecified atom stereocenters. The van der Waals surface area contributed by atoms with Crippen molar-refractivity contribution in [3.63, 3.8) is 0 Å². The Balaban J connectivity index is 2.89. The van der Waals surface area contributed by atoms with E-state index in [4.69, 9.17) is 5.73 Å². The van der Waals surface area contributed by atoms with Crippen LogP contribution in [-0.2, 0) is 15.5 Å². The average Bonchev–Trinajstić information content (AvgIpc) is 2.29. The molecule has 0 aliphatic heterocycles. The number of ether oxygens (including phenoxy) is 1. The first-order valence-corrected chi connectivity index (χ1v) is 4.85. The van der Waals surface area contributed by atoms with Gasteiger partial charge in [0.25, 0.3) is 5.92 Å². The zero-order chi connectivity index (χ0) is 12.2. The Bertz CT molecular complexity index is 354. The summed E-state index contributed by atoms with van der Waals surface area (Å²) in [5, 5.41) is 0. The summed E-state index contributed by atoms with van der Waals surface area (Å²) in [7, 11) is 0. The van der Waals surface area contributed by atoms with Crippen molar-refractivity contribution in [2.45, 2.75) is 18.9 Å². The molecule has 1 rings (SSSR count). The number of halogens is 2. The van der Waals surface area contributed by atoms with Crippen LogP contribution >= 0.6 is 0 Å². The van der Waals surface area contributed by atoms with Crippen molar-refractivity contribution >= 4 is 5.97 Å². The van der Waals surface area contributed by atoms with Gasteiger partial charge in [0.05, 0.1) is 6.61 Å². The molecule has 0 saturated carbocycles. The molecule has 1 atom stereocenters. The molecule has 0 saturated heterocycles. The van der Waals surface area contributed by atoms with E-state index in [2.05, 4.69) is 4.74 Å². The highest BCUT2D eigenvalue weighted by atomic mass is 19.3. The Labute approximate surface area is 92.2 Å². The topological polar surface area (TPSA) is 52.3 Å². The third-order valence-corrected chi connectivity index (χ3v) is 2.09. The van der Waals surface area contributed by atoms with Gasteiger partial charge in [-0.25, -0.2) is 0 Å². The number of nitrogens with two attached hydrogens (primary N) is 1. The van der Waals surface area contributed by atoms with Crippen molar-refractivity contribution in [2.24, 2.45) is 5.73 Å². The number of hydrogen-bond donors (Lipinski definition) is 1. The van der Waals surface area contributed by atoms with Crippen LogP contribution in [0.4, 0.5) is 8.78 Å². The van der Waals surface area contributed by atoms with Gasteiger partial charge in [0.2, 0.25) is 0 Å². The average molecular weight is 229 g/mol. The van der Waals surface area contributed by atoms with Gasteiger partial charge >= 0.3 is 5.97 Å². The van der Waals surface area contributed by atoms with E-state index in [1.807, 2.05) is 0 Å². The number of esters is 1. The van der Waals surface area contributed by atoms with Crippen LogP contribution in [0.5, 0.6) is 0 Å². The first kappa shape index (κ1) is 12.6. The fourth-order valence-corrected chi connectivity index (χ4v) is 1.22. The molecule has 0 aliphatic carbocycles. The minimum absolute atomic E-state index is 0.0252. The highest BCUT2D eigenvalue weighted by molar-refractivity contribution is 5.77. The lowest BCUT2D eigenvalue weighted by atomic mass is 10.0. The number of alkyl halides is 2. The lowest BCUT2D eigenvalue weighted by molar-refractivity contribution is -0.155. The van der Waals surface area contributed by atoms with Crippen molar-refractivity contribution in [2.75, 3.05) is 6.61 Å². The van der Waals surface area contributed by atoms with E-state index >= 15 is 0 Å². The molecule has 0 aliphatic rings. The van der Waals surface area contributed by atoms with Gasteiger partial charge in [-0.2, -0.15) is 8.78 Å². The van der Waals surface area contributed by atoms with Gasteiger partial charge in [-0.1, -0.05) is 30.3 Å². The number of carbonyl (C=O) groups is 1. The van der Waals surface area contributed by atoms with Gasteiger partial charge < -0.3 is 10.5 Å². The van der Waals surface area contributed by atoms with Crippen LogP contribution in [0.2, 0.25) is 0 Å². The minimum Gasteiger partial charge on any atom is -0.465 e. The molecule has 0 fully saturated rings. The molecule has 88 valence electrons. The first-order valence-electron chi connectivity index (χ1n) is 4.85. The van der Waals surface area contributed by atoms with Crippen LogP contribution in [0.15, 0.2) is 30.3 Å². The van der Waals surface area contributed by atoms with E-state index in [1.165, 1.54) is 31.2 Å². The van der Waals surface area contributed by atoms with Crippen molar-refractivity contribution in [3.05, 3.63) is 35.9 Å². The maximum absolute atomic E-state index is 13.7. The molecule has 1 aromatic carbocycles. The maximum Gasteiger partial charge on any atom is 0.329 e. The van der Waals surface area contributed by atoms with Crippen LogP contribution < -0.4 is 5.73 Å². The van der Waals surface area contributed by atoms with Crippen molar-refractivity contribution in [1.82, 2.24) is 0 Å². The lowest BCUT2D eigenvalue weighted by Crippen LogP contribution is -2.46. The predicted molar refractivity (Wildman–Crippen MR) is 54.9 cm³/mol. The van der Waals surface area contributed by atoms with E-state index in [-0.39, 0.29) is 12.2 Å². The van der Waals surface area contributed by atoms with E-state index in [1.54, 1.807) is 6.07 Å². The third-order valence-electron chi connectivity index (χ3n) is 2.09. The third kappa shape index (κ3) is 2.55. The second-order valence-electron chi connectivity index (χ2n) is 3.22. The van der Waals surface area contributed by atoms with Crippen LogP contribution in [0, 0.1) is 0 Å². The quantitative estimate of drug-likeness (QED) is 0.799. The molecule has 0 amide bonds. The second kappa shape index (κ2) is 5.03. The molecular formula is C11H13F2NO2. The Hall–Kier alpha value is -1.49. The SMILES string of the molecule is CCOC(=O)C(N)C(F)(F)c1ccccc1. The van der Waals surface area contributed by atoms with Gasteiger partial charge in [0, 0.05) is 5.56 Å². The lowest BCUT2D eigenvalue weighted by Gasteiger charge is -2.22. The van der Waals surface area contributed by atoms with Crippen molar-refractivity contribution in [1.29, 1.82) is 0 Å². The number of benzene rings is 1. The molecule has 1 aromatic rings. The monoisotopic (exact) mass is 229 g/mol. The molecular weight excluding hydrogens is 216 g/mol. The molecule has 16 heavy (non-hydrogen) atoms. The summed E-state index contributed by atoms with van der Waals surface area (Å²) in [6.07, 6.45) is 0. The van der Waals surface area contributed by atoms with Gasteiger partial charge in [0.15, 0.2) is 6.04 Å². The summed E-state index contributed by atoms with van der Waals surface area (Å²) in [4.78, 5) is 11.1. The predicted octanol–water partition coefficient (Wildman–Crippen LogP) is 1.67. The van der Waals surface area contributed by atoms with Gasteiger partial charge in [-0.15, -0.1) is 0 Å². The zero-order valence-corrected chi connectivity index (χ0v) is 8.82. The minimum atomic E-state index is -3.42. The first-order chi connectivity index (χ1) is 7.50. The van der Waals surface area contributed by atoms with E-state index in [0.29, 0.717) is 0 Å². The maximum atomic E-state index is 13.7. The summed E-state index contributed by atoms with van der Waals surface area (Å²) in [5.41, 5.74) is 4.89. The zero-order valence-electron chi connectivity index (χ0n) is 8.82. The number of hydrogen-bond acceptors (Lipinski definition) is 3. The molecule has 5 heteroatoms. The standard InChI is InChI=1S/C11H13F2NO2/c1-2-16-10(15)9(14)11(12,13)8-6-4-3-5-7-8/h3-7,9H,2,14H2,1H3. The fourth-order valence-electron chi connectivity index (χ4n) is 1.22. The van der Waals surface area contributed by atoms with Gasteiger partial charge in [-0.3, -0.25) is 4.79 Å². The van der Waals surface area contributed by atoms with E-state index < -0.39 is 17.9 Å². The number of rotatable bonds is 4. The largest absolute Gasteiger partial charge is 0.465 e. The molecule has 0 bridgehead atoms. The van der Waals surface area contributed by atoms with Gasteiger partial charge in [-0.05, 0) is 6.92 Å². The summed E-state index contributed by atoms with van der Waals surface area (Å²) >= 11 is 0. The highest BCUT2D eigenvalue weighted by Gasteiger charge is 2.44. The second-order valence-corrected chi connectivity index (χ2v) is 3.22. The van der Waals surface area contributed by atoms with Crippen LogP contribution in [0.3, 0.4) is 0 Å². The van der Waals surface area contributed by atoms with Gasteiger partial charge in [0.1, 0.15) is 0 Å². The Morgan fingerprint density at radius 1 is 1.44 bits per heavy atom. The summed E-state index contributed by atoms with van der Waals surface area (Å²) in [6.45, 7) is 1.56. The van der Waals surface area contributed by atoms with Crippen molar-refractivity contribution in [3.8, 4) is 0 Å². The molecule has 0 spiro atoms. The summed E-state index contributed by atoms with van der Waals surface area (Å²) in [6, 6.07) is 4.99. The van der Waals surface area contributed by atoms with Crippen LogP contribution in [0.25, 0.3) is 0 Å². The van der Waals surface area contributed by atoms with Crippen LogP contribution in [0.1, 0.15) is 12.5 Å². The van der Waals surface area contributed by atoms with E-state index in [0.717, 1.165) is 0 Å². The molecule has 3 nitrogen and oxygen atoms in total. The Kier molecular flexibility index (Phi) is 3.95. The summed E-state index contributed by atoms with van der Waals surface area (Å²) in [5.74, 6) is -4.52. The molecule has 0 heterocycles. The normalized spacial score (nSPS) is 13.2. The fraction of sp³-hybridized carbons (Fsp3) is 0.364. The van der Waals surface area contributed by atoms with Crippen LogP contribution in [-0.4, -0.2) is 18.6 Å². The Morgan fingerprint density at radius 2 is 2.00 bits per heavy atom. The van der Waals surface area contributed by atoms with E-state index in [9.17, 15) is 13.6 Å². The Morgan fingerprint density at radius 3 is 2.50 bits per heavy atom. The number of carbonyl (C=O) groups excluding carboxylic acids is 1. The molecule has 2 N–H and O–H groups in total. The van der Waals surface area contributed by atoms with Crippen molar-refractivity contribution < 1.29 is 18.3 Å². The summed E-state index contributed by atoms with van der Waals surface area (Å²) < 4.78 is 31.9. The molecule has 0 aromatic heterocycles. The smallest absolute Gasteiger partial charge is 0.329 e. The highest BCUT2D eigenvalue weighted by Crippen LogP contribution is 2.30.